The van der Waals surface area contributed by atoms with Crippen molar-refractivity contribution in [1.82, 2.24) is 10.3 Å². The summed E-state index contributed by atoms with van der Waals surface area (Å²) in [5, 5.41) is 5.81. The van der Waals surface area contributed by atoms with Crippen molar-refractivity contribution in [2.75, 3.05) is 5.32 Å². The predicted molar refractivity (Wildman–Crippen MR) is 133 cm³/mol. The second-order valence-electron chi connectivity index (χ2n) is 9.83. The highest BCUT2D eigenvalue weighted by Gasteiger charge is 2.35. The molecule has 34 heavy (non-hydrogen) atoms. The van der Waals surface area contributed by atoms with E-state index in [0.29, 0.717) is 48.2 Å². The van der Waals surface area contributed by atoms with Gasteiger partial charge in [-0.05, 0) is 54.9 Å². The molecule has 2 amide bonds. The number of fused-ring (bicyclic) bond motifs is 1. The number of aromatic amines is 1. The Bertz CT molecular complexity index is 1200. The molecule has 0 radical (unpaired) electrons. The Morgan fingerprint density at radius 1 is 1.00 bits per heavy atom. The number of carbonyl (C=O) groups is 3. The SMILES string of the molecule is Cc1c(C(=O)NC(CCc2ccccc2)C(=O)Nc2ccccc2)[nH]c2c1C(=O)CC(C)(C)C2. The van der Waals surface area contributed by atoms with Crippen molar-refractivity contribution < 1.29 is 14.4 Å². The highest BCUT2D eigenvalue weighted by Crippen LogP contribution is 2.36. The molecule has 1 aromatic heterocycles. The summed E-state index contributed by atoms with van der Waals surface area (Å²) in [4.78, 5) is 42.3. The van der Waals surface area contributed by atoms with Crippen molar-refractivity contribution in [3.05, 3.63) is 88.7 Å². The van der Waals surface area contributed by atoms with Crippen LogP contribution in [0.15, 0.2) is 60.7 Å². The van der Waals surface area contributed by atoms with E-state index in [2.05, 4.69) is 29.5 Å². The molecule has 4 rings (SSSR count). The molecule has 1 aliphatic carbocycles. The summed E-state index contributed by atoms with van der Waals surface area (Å²) in [6.07, 6.45) is 2.24. The number of Topliss-reactive ketones (excluding diaryl/α,β-unsaturated/α-hetero) is 1. The first-order chi connectivity index (χ1) is 16.2. The first kappa shape index (κ1) is 23.5. The molecule has 1 unspecified atom stereocenters. The number of aryl methyl sites for hydroxylation is 1. The summed E-state index contributed by atoms with van der Waals surface area (Å²) < 4.78 is 0. The minimum Gasteiger partial charge on any atom is -0.354 e. The molecule has 0 aliphatic heterocycles. The topological polar surface area (TPSA) is 91.1 Å². The molecule has 6 heteroatoms. The minimum atomic E-state index is -0.736. The van der Waals surface area contributed by atoms with Crippen LogP contribution in [0.5, 0.6) is 0 Å². The van der Waals surface area contributed by atoms with Crippen LogP contribution >= 0.6 is 0 Å². The van der Waals surface area contributed by atoms with Crippen molar-refractivity contribution >= 4 is 23.3 Å². The first-order valence-electron chi connectivity index (χ1n) is 11.7. The maximum Gasteiger partial charge on any atom is 0.268 e. The molecular weight excluding hydrogens is 426 g/mol. The van der Waals surface area contributed by atoms with Crippen molar-refractivity contribution in [3.63, 3.8) is 0 Å². The number of ketones is 1. The van der Waals surface area contributed by atoms with Gasteiger partial charge in [-0.2, -0.15) is 0 Å². The van der Waals surface area contributed by atoms with E-state index in [1.165, 1.54) is 0 Å². The molecule has 0 fully saturated rings. The lowest BCUT2D eigenvalue weighted by molar-refractivity contribution is -0.118. The molecule has 1 heterocycles. The molecule has 3 aromatic rings. The van der Waals surface area contributed by atoms with Crippen LogP contribution in [0.1, 0.15) is 64.4 Å². The van der Waals surface area contributed by atoms with Crippen LogP contribution < -0.4 is 10.6 Å². The lowest BCUT2D eigenvalue weighted by Crippen LogP contribution is -2.44. The summed E-state index contributed by atoms with van der Waals surface area (Å²) in [6.45, 7) is 5.90. The van der Waals surface area contributed by atoms with Crippen LogP contribution in [0, 0.1) is 12.3 Å². The fourth-order valence-electron chi connectivity index (χ4n) is 4.67. The Morgan fingerprint density at radius 3 is 2.32 bits per heavy atom. The van der Waals surface area contributed by atoms with Gasteiger partial charge in [0, 0.05) is 23.4 Å². The van der Waals surface area contributed by atoms with Gasteiger partial charge in [0.25, 0.3) is 5.91 Å². The lowest BCUT2D eigenvalue weighted by Gasteiger charge is -2.28. The maximum absolute atomic E-state index is 13.3. The molecular formula is C28H31N3O3. The predicted octanol–water partition coefficient (Wildman–Crippen LogP) is 4.85. The van der Waals surface area contributed by atoms with Gasteiger partial charge in [0.2, 0.25) is 5.91 Å². The number of benzene rings is 2. The van der Waals surface area contributed by atoms with Crippen LogP contribution in [0.4, 0.5) is 5.69 Å². The van der Waals surface area contributed by atoms with E-state index in [1.807, 2.05) is 60.7 Å². The number of hydrogen-bond donors (Lipinski definition) is 3. The van der Waals surface area contributed by atoms with E-state index < -0.39 is 6.04 Å². The molecule has 0 bridgehead atoms. The fraction of sp³-hybridized carbons (Fsp3) is 0.321. The highest BCUT2D eigenvalue weighted by atomic mass is 16.2. The van der Waals surface area contributed by atoms with E-state index in [4.69, 9.17) is 0 Å². The number of H-pyrrole nitrogens is 1. The Labute approximate surface area is 200 Å². The molecule has 2 aromatic carbocycles. The summed E-state index contributed by atoms with van der Waals surface area (Å²) >= 11 is 0. The minimum absolute atomic E-state index is 0.0569. The quantitative estimate of drug-likeness (QED) is 0.474. The molecule has 1 atom stereocenters. The molecule has 0 spiro atoms. The second-order valence-corrected chi connectivity index (χ2v) is 9.83. The fourth-order valence-corrected chi connectivity index (χ4v) is 4.67. The third kappa shape index (κ3) is 5.28. The van der Waals surface area contributed by atoms with E-state index in [9.17, 15) is 14.4 Å². The van der Waals surface area contributed by atoms with Crippen molar-refractivity contribution in [2.45, 2.75) is 52.5 Å². The zero-order chi connectivity index (χ0) is 24.3. The molecule has 1 aliphatic rings. The summed E-state index contributed by atoms with van der Waals surface area (Å²) in [6, 6.07) is 18.3. The first-order valence-corrected chi connectivity index (χ1v) is 11.7. The van der Waals surface area contributed by atoms with Gasteiger partial charge in [0.1, 0.15) is 11.7 Å². The highest BCUT2D eigenvalue weighted by molar-refractivity contribution is 6.06. The monoisotopic (exact) mass is 457 g/mol. The van der Waals surface area contributed by atoms with Crippen LogP contribution in [-0.2, 0) is 17.6 Å². The van der Waals surface area contributed by atoms with Crippen LogP contribution in [-0.4, -0.2) is 28.6 Å². The van der Waals surface area contributed by atoms with Gasteiger partial charge in [-0.1, -0.05) is 62.4 Å². The second kappa shape index (κ2) is 9.67. The Kier molecular flexibility index (Phi) is 6.68. The van der Waals surface area contributed by atoms with Gasteiger partial charge in [-0.3, -0.25) is 14.4 Å². The number of rotatable bonds is 7. The molecule has 0 saturated heterocycles. The third-order valence-electron chi connectivity index (χ3n) is 6.36. The number of hydrogen-bond acceptors (Lipinski definition) is 3. The average Bonchev–Trinajstić information content (AvgIpc) is 3.13. The van der Waals surface area contributed by atoms with Gasteiger partial charge in [-0.25, -0.2) is 0 Å². The normalized spacial score (nSPS) is 15.3. The van der Waals surface area contributed by atoms with Gasteiger partial charge in [0.15, 0.2) is 5.78 Å². The van der Waals surface area contributed by atoms with E-state index in [0.717, 1.165) is 11.3 Å². The summed E-state index contributed by atoms with van der Waals surface area (Å²) in [5.74, 6) is -0.595. The van der Waals surface area contributed by atoms with E-state index in [1.54, 1.807) is 6.92 Å². The Morgan fingerprint density at radius 2 is 1.65 bits per heavy atom. The molecule has 0 saturated carbocycles. The number of para-hydroxylation sites is 1. The van der Waals surface area contributed by atoms with Crippen molar-refractivity contribution in [2.24, 2.45) is 5.41 Å². The standard InChI is InChI=1S/C28H31N3O3/c1-18-24-22(16-28(2,3)17-23(24)32)30-25(18)27(34)31-21(15-14-19-10-6-4-7-11-19)26(33)29-20-12-8-5-9-13-20/h4-13,21,30H,14-17H2,1-3H3,(H,29,33)(H,31,34). The van der Waals surface area contributed by atoms with E-state index >= 15 is 0 Å². The van der Waals surface area contributed by atoms with Crippen molar-refractivity contribution in [1.29, 1.82) is 0 Å². The number of nitrogens with one attached hydrogen (secondary N) is 3. The smallest absolute Gasteiger partial charge is 0.268 e. The Balaban J connectivity index is 1.55. The molecule has 6 nitrogen and oxygen atoms in total. The zero-order valence-electron chi connectivity index (χ0n) is 19.9. The van der Waals surface area contributed by atoms with Gasteiger partial charge in [0.05, 0.1) is 0 Å². The number of amides is 2. The average molecular weight is 458 g/mol. The van der Waals surface area contributed by atoms with Crippen LogP contribution in [0.3, 0.4) is 0 Å². The van der Waals surface area contributed by atoms with Crippen LogP contribution in [0.25, 0.3) is 0 Å². The zero-order valence-corrected chi connectivity index (χ0v) is 19.9. The van der Waals surface area contributed by atoms with Gasteiger partial charge >= 0.3 is 0 Å². The van der Waals surface area contributed by atoms with Crippen molar-refractivity contribution in [3.8, 4) is 0 Å². The number of anilines is 1. The summed E-state index contributed by atoms with van der Waals surface area (Å²) in [5.41, 5.74) is 4.05. The van der Waals surface area contributed by atoms with Crippen LogP contribution in [0.2, 0.25) is 0 Å². The van der Waals surface area contributed by atoms with Gasteiger partial charge < -0.3 is 15.6 Å². The molecule has 176 valence electrons. The maximum atomic E-state index is 13.3. The largest absolute Gasteiger partial charge is 0.354 e. The third-order valence-corrected chi connectivity index (χ3v) is 6.36. The van der Waals surface area contributed by atoms with E-state index in [-0.39, 0.29) is 23.0 Å². The Hall–Kier alpha value is -3.67. The summed E-state index contributed by atoms with van der Waals surface area (Å²) in [7, 11) is 0. The number of aromatic nitrogens is 1. The molecule has 3 N–H and O–H groups in total. The lowest BCUT2D eigenvalue weighted by atomic mass is 9.75. The number of carbonyl (C=O) groups excluding carboxylic acids is 3. The van der Waals surface area contributed by atoms with Gasteiger partial charge in [-0.15, -0.1) is 0 Å².